The molecule has 4 aliphatic rings. The molecule has 10 nitrogen and oxygen atoms in total. The van der Waals surface area contributed by atoms with Gasteiger partial charge in [0.15, 0.2) is 5.60 Å². The zero-order valence-corrected chi connectivity index (χ0v) is 30.8. The van der Waals surface area contributed by atoms with Crippen LogP contribution in [0, 0.1) is 17.8 Å². The van der Waals surface area contributed by atoms with E-state index in [1.54, 1.807) is 25.1 Å². The van der Waals surface area contributed by atoms with Crippen molar-refractivity contribution in [2.75, 3.05) is 37.7 Å². The van der Waals surface area contributed by atoms with E-state index >= 15 is 0 Å². The summed E-state index contributed by atoms with van der Waals surface area (Å²) in [7, 11) is -4.08. The molecule has 0 aromatic heterocycles. The SMILES string of the molecule is C[C@@H]1[C@@H](C)C/C=C/[C@H](OCC(=O)N2CC(O)(C(F)(F)F)C2)[C@@H]2CC[C@H]2CN2CCCCc3cc(Cl)ccc3COc3ccc(cc32)C(=O)NS1(=O)=O. The predicted molar refractivity (Wildman–Crippen MR) is 190 cm³/mol. The first-order valence-electron chi connectivity index (χ1n) is 17.7. The lowest BCUT2D eigenvalue weighted by molar-refractivity contribution is -0.297. The number of carbonyl (C=O) groups excluding carboxylic acids is 2. The van der Waals surface area contributed by atoms with E-state index in [1.165, 1.54) is 6.92 Å². The van der Waals surface area contributed by atoms with Crippen LogP contribution in [0.15, 0.2) is 48.6 Å². The maximum absolute atomic E-state index is 13.5. The van der Waals surface area contributed by atoms with Gasteiger partial charge in [0.2, 0.25) is 15.9 Å². The molecule has 1 saturated heterocycles. The fraction of sp³-hybridized carbons (Fsp3) is 0.568. The summed E-state index contributed by atoms with van der Waals surface area (Å²) in [6.07, 6.45) is 2.65. The van der Waals surface area contributed by atoms with E-state index in [2.05, 4.69) is 9.62 Å². The Labute approximate surface area is 307 Å². The van der Waals surface area contributed by atoms with Gasteiger partial charge in [-0.3, -0.25) is 9.59 Å². The average molecular weight is 768 g/mol. The quantitative estimate of drug-likeness (QED) is 0.384. The number of rotatable bonds is 3. The molecule has 0 radical (unpaired) electrons. The molecule has 15 heteroatoms. The van der Waals surface area contributed by atoms with Crippen LogP contribution in [0.5, 0.6) is 5.75 Å². The predicted octanol–water partition coefficient (Wildman–Crippen LogP) is 5.65. The molecule has 2 amide bonds. The van der Waals surface area contributed by atoms with Crippen molar-refractivity contribution in [2.45, 2.75) is 82.1 Å². The molecule has 2 N–H and O–H groups in total. The number of hydrogen-bond donors (Lipinski definition) is 2. The van der Waals surface area contributed by atoms with Gasteiger partial charge in [-0.05, 0) is 105 Å². The number of aliphatic hydroxyl groups is 1. The molecule has 284 valence electrons. The van der Waals surface area contributed by atoms with Crippen molar-refractivity contribution in [1.29, 1.82) is 0 Å². The normalized spacial score (nSPS) is 28.4. The summed E-state index contributed by atoms with van der Waals surface area (Å²) in [6.45, 7) is 2.59. The number of allylic oxidation sites excluding steroid dienone is 1. The van der Waals surface area contributed by atoms with E-state index in [4.69, 9.17) is 21.1 Å². The Balaban J connectivity index is 1.29. The number of nitrogens with zero attached hydrogens (tertiary/aromatic N) is 2. The van der Waals surface area contributed by atoms with E-state index in [1.807, 2.05) is 30.4 Å². The zero-order valence-electron chi connectivity index (χ0n) is 29.2. The van der Waals surface area contributed by atoms with Crippen LogP contribution in [-0.4, -0.2) is 86.2 Å². The van der Waals surface area contributed by atoms with Crippen molar-refractivity contribution in [1.82, 2.24) is 9.62 Å². The molecule has 5 atom stereocenters. The second kappa shape index (κ2) is 15.2. The number of carbonyl (C=O) groups is 2. The third kappa shape index (κ3) is 8.24. The molecule has 3 heterocycles. The van der Waals surface area contributed by atoms with Crippen molar-refractivity contribution < 1.29 is 45.8 Å². The van der Waals surface area contributed by atoms with Crippen LogP contribution < -0.4 is 14.4 Å². The Morgan fingerprint density at radius 2 is 1.88 bits per heavy atom. The second-order valence-electron chi connectivity index (χ2n) is 14.7. The standard InChI is InChI=1S/C37H45ClF3N3O7S/c1-23-6-5-8-32(51-20-34(45)44-21-36(47,22-44)37(39,40)41)30-13-10-27(30)18-43-15-4-3-7-25-16-29(38)12-9-28(25)19-50-33-14-11-26(17-31(33)43)35(46)42-52(48,49)24(23)2/h5,8-9,11-12,14,16-17,23-24,27,30,32,47H,3-4,6-7,10,13,15,18-22H2,1-2H3,(H,42,46)/b8-5+/t23-,24+,27-,30+,32-/m0/s1. The number of likely N-dealkylation sites (tertiary alicyclic amines) is 1. The minimum Gasteiger partial charge on any atom is -0.487 e. The maximum atomic E-state index is 13.5. The largest absolute Gasteiger partial charge is 0.487 e. The molecular weight excluding hydrogens is 723 g/mol. The number of ether oxygens (including phenoxy) is 2. The highest BCUT2D eigenvalue weighted by molar-refractivity contribution is 7.90. The first-order chi connectivity index (χ1) is 24.5. The van der Waals surface area contributed by atoms with Crippen molar-refractivity contribution >= 4 is 39.1 Å². The van der Waals surface area contributed by atoms with Gasteiger partial charge in [0, 0.05) is 23.7 Å². The molecule has 3 aliphatic heterocycles. The maximum Gasteiger partial charge on any atom is 0.420 e. The van der Waals surface area contributed by atoms with Crippen LogP contribution in [0.3, 0.4) is 0 Å². The van der Waals surface area contributed by atoms with Gasteiger partial charge >= 0.3 is 6.18 Å². The Bertz CT molecular complexity index is 1800. The van der Waals surface area contributed by atoms with Crippen molar-refractivity contribution in [3.05, 3.63) is 70.3 Å². The molecule has 6 rings (SSSR count). The van der Waals surface area contributed by atoms with Crippen molar-refractivity contribution in [3.8, 4) is 5.75 Å². The first kappa shape index (κ1) is 38.4. The zero-order chi connectivity index (χ0) is 37.4. The number of alkyl halides is 3. The monoisotopic (exact) mass is 767 g/mol. The number of benzene rings is 2. The van der Waals surface area contributed by atoms with Gasteiger partial charge in [0.25, 0.3) is 5.91 Å². The number of hydrogen-bond acceptors (Lipinski definition) is 8. The molecule has 2 aromatic rings. The number of anilines is 1. The van der Waals surface area contributed by atoms with E-state index in [0.29, 0.717) is 36.0 Å². The number of sulfonamides is 1. The van der Waals surface area contributed by atoms with Crippen LogP contribution in [-0.2, 0) is 32.6 Å². The van der Waals surface area contributed by atoms with Crippen LogP contribution >= 0.6 is 11.6 Å². The van der Waals surface area contributed by atoms with Crippen LogP contribution in [0.1, 0.15) is 67.4 Å². The number of aryl methyl sites for hydroxylation is 1. The van der Waals surface area contributed by atoms with Gasteiger partial charge in [0.05, 0.1) is 30.1 Å². The lowest BCUT2D eigenvalue weighted by Crippen LogP contribution is -2.70. The third-order valence-corrected chi connectivity index (χ3v) is 13.3. The smallest absolute Gasteiger partial charge is 0.420 e. The molecule has 0 unspecified atom stereocenters. The van der Waals surface area contributed by atoms with E-state index in [0.717, 1.165) is 48.1 Å². The van der Waals surface area contributed by atoms with Gasteiger partial charge in [-0.2, -0.15) is 13.2 Å². The van der Waals surface area contributed by atoms with Crippen molar-refractivity contribution in [3.63, 3.8) is 0 Å². The first-order valence-corrected chi connectivity index (χ1v) is 19.7. The lowest BCUT2D eigenvalue weighted by Gasteiger charge is -2.47. The Morgan fingerprint density at radius 1 is 1.12 bits per heavy atom. The highest BCUT2D eigenvalue weighted by atomic mass is 35.5. The molecule has 52 heavy (non-hydrogen) atoms. The third-order valence-electron chi connectivity index (χ3n) is 11.1. The number of halogens is 4. The molecule has 0 spiro atoms. The molecule has 2 fully saturated rings. The highest BCUT2D eigenvalue weighted by Crippen LogP contribution is 2.42. The number of amides is 2. The van der Waals surface area contributed by atoms with Crippen LogP contribution in [0.4, 0.5) is 18.9 Å². The second-order valence-corrected chi connectivity index (χ2v) is 17.1. The summed E-state index contributed by atoms with van der Waals surface area (Å²) in [5, 5.41) is 9.54. The number of β-amino-alcohol motifs (C(OH)–C–C–N with tert-alkyl or cyclic N) is 1. The summed E-state index contributed by atoms with van der Waals surface area (Å²) < 4.78 is 81.1. The minimum absolute atomic E-state index is 0.0441. The highest BCUT2D eigenvalue weighted by Gasteiger charge is 2.62. The number of fused-ring (bicyclic) bond motifs is 3. The van der Waals surface area contributed by atoms with E-state index < -0.39 is 70.6 Å². The summed E-state index contributed by atoms with van der Waals surface area (Å²) in [5.41, 5.74) is 0.00245. The molecule has 2 aromatic carbocycles. The van der Waals surface area contributed by atoms with E-state index in [9.17, 15) is 36.3 Å². The molecular formula is C37H45ClF3N3O7S. The van der Waals surface area contributed by atoms with E-state index in [-0.39, 0.29) is 24.0 Å². The van der Waals surface area contributed by atoms with Crippen LogP contribution in [0.25, 0.3) is 0 Å². The molecule has 2 bridgehead atoms. The van der Waals surface area contributed by atoms with Gasteiger partial charge in [0.1, 0.15) is 19.0 Å². The van der Waals surface area contributed by atoms with Gasteiger partial charge in [-0.15, -0.1) is 0 Å². The average Bonchev–Trinajstić information content (AvgIpc) is 3.08. The van der Waals surface area contributed by atoms with Gasteiger partial charge < -0.3 is 24.4 Å². The summed E-state index contributed by atoms with van der Waals surface area (Å²) >= 11 is 6.32. The minimum atomic E-state index is -4.84. The van der Waals surface area contributed by atoms with Crippen LogP contribution in [0.2, 0.25) is 5.02 Å². The lowest BCUT2D eigenvalue weighted by atomic mass is 9.70. The molecule has 1 saturated carbocycles. The summed E-state index contributed by atoms with van der Waals surface area (Å²) in [6, 6.07) is 10.7. The Hall–Kier alpha value is -3.33. The summed E-state index contributed by atoms with van der Waals surface area (Å²) in [5.74, 6) is -1.19. The Kier molecular flexibility index (Phi) is 11.2. The number of nitrogens with one attached hydrogen (secondary N) is 1. The molecule has 1 aliphatic carbocycles. The topological polar surface area (TPSA) is 125 Å². The van der Waals surface area contributed by atoms with Gasteiger partial charge in [-0.25, -0.2) is 13.1 Å². The van der Waals surface area contributed by atoms with Gasteiger partial charge in [-0.1, -0.05) is 36.7 Å². The van der Waals surface area contributed by atoms with Crippen molar-refractivity contribution in [2.24, 2.45) is 17.8 Å². The fourth-order valence-corrected chi connectivity index (χ4v) is 8.82. The summed E-state index contributed by atoms with van der Waals surface area (Å²) in [4.78, 5) is 29.4. The fourth-order valence-electron chi connectivity index (χ4n) is 7.34. The Morgan fingerprint density at radius 3 is 2.60 bits per heavy atom.